The van der Waals surface area contributed by atoms with Crippen LogP contribution in [0.4, 0.5) is 0 Å². The summed E-state index contributed by atoms with van der Waals surface area (Å²) in [5.74, 6) is 0. The molecule has 4 nitrogen and oxygen atoms in total. The van der Waals surface area contributed by atoms with Crippen molar-refractivity contribution in [3.63, 3.8) is 0 Å². The zero-order valence-electron chi connectivity index (χ0n) is 17.8. The highest BCUT2D eigenvalue weighted by atomic mass is 16.1. The average Bonchev–Trinajstić information content (AvgIpc) is 2.80. The molecule has 0 aromatic heterocycles. The largest absolute Gasteiger partial charge is 0.231 e. The van der Waals surface area contributed by atoms with Gasteiger partial charge in [-0.2, -0.15) is 0 Å². The summed E-state index contributed by atoms with van der Waals surface area (Å²) in [5, 5.41) is 10.8. The minimum atomic E-state index is 0.750. The van der Waals surface area contributed by atoms with Crippen LogP contribution in [-0.2, 0) is 16.0 Å². The van der Waals surface area contributed by atoms with Gasteiger partial charge >= 0.3 is 0 Å². The smallest absolute Gasteiger partial charge is 0.222 e. The van der Waals surface area contributed by atoms with Crippen molar-refractivity contribution in [1.82, 2.24) is 0 Å². The van der Waals surface area contributed by atoms with E-state index in [-0.39, 0.29) is 0 Å². The van der Waals surface area contributed by atoms with Crippen LogP contribution in [0.3, 0.4) is 0 Å². The lowest BCUT2D eigenvalue weighted by Gasteiger charge is -2.25. The Balaban J connectivity index is 0.000000183. The molecular weight excluding hydrogens is 396 g/mol. The minimum absolute atomic E-state index is 0.750. The summed E-state index contributed by atoms with van der Waals surface area (Å²) in [6.45, 7) is 2.18. The SMILES string of the molecule is Cc1cccc2c1-c1ccccc1-2.N=C=O.N=C=O.c1ccc(Cc2ccccc2)cc1. The summed E-state index contributed by atoms with van der Waals surface area (Å²) < 4.78 is 0. The predicted octanol–water partition coefficient (Wildman–Crippen LogP) is 6.72. The third-order valence-corrected chi connectivity index (χ3v) is 4.85. The van der Waals surface area contributed by atoms with Crippen LogP contribution in [-0.4, -0.2) is 12.2 Å². The predicted molar refractivity (Wildman–Crippen MR) is 128 cm³/mol. The molecule has 1 aliphatic carbocycles. The summed E-state index contributed by atoms with van der Waals surface area (Å²) in [7, 11) is 0. The molecule has 4 aromatic rings. The van der Waals surface area contributed by atoms with Crippen LogP contribution >= 0.6 is 0 Å². The second-order valence-corrected chi connectivity index (χ2v) is 6.90. The molecule has 0 amide bonds. The second-order valence-electron chi connectivity index (χ2n) is 6.90. The first-order chi connectivity index (χ1) is 15.7. The Morgan fingerprint density at radius 1 is 0.562 bits per heavy atom. The monoisotopic (exact) mass is 420 g/mol. The number of aryl methyl sites for hydroxylation is 1. The summed E-state index contributed by atoms with van der Waals surface area (Å²) in [6, 6.07) is 36.2. The number of fused-ring (bicyclic) bond motifs is 4. The van der Waals surface area contributed by atoms with Gasteiger partial charge in [0, 0.05) is 0 Å². The van der Waals surface area contributed by atoms with E-state index in [4.69, 9.17) is 20.4 Å². The summed E-state index contributed by atoms with van der Waals surface area (Å²) in [5.41, 5.74) is 9.80. The van der Waals surface area contributed by atoms with Crippen molar-refractivity contribution in [2.75, 3.05) is 0 Å². The Morgan fingerprint density at radius 2 is 0.969 bits per heavy atom. The summed E-state index contributed by atoms with van der Waals surface area (Å²) in [6.07, 6.45) is 2.53. The number of hydrogen-bond donors (Lipinski definition) is 2. The molecular formula is C28H24N2O2. The van der Waals surface area contributed by atoms with Crippen LogP contribution in [0.2, 0.25) is 0 Å². The third kappa shape index (κ3) is 6.58. The van der Waals surface area contributed by atoms with Gasteiger partial charge in [0.1, 0.15) is 0 Å². The molecule has 0 spiro atoms. The van der Waals surface area contributed by atoms with Gasteiger partial charge in [-0.15, -0.1) is 0 Å². The van der Waals surface area contributed by atoms with E-state index in [0.29, 0.717) is 0 Å². The highest BCUT2D eigenvalue weighted by Crippen LogP contribution is 2.48. The van der Waals surface area contributed by atoms with Crippen molar-refractivity contribution in [3.05, 3.63) is 120 Å². The van der Waals surface area contributed by atoms with E-state index in [9.17, 15) is 0 Å². The van der Waals surface area contributed by atoms with Crippen LogP contribution < -0.4 is 0 Å². The maximum absolute atomic E-state index is 8.35. The van der Waals surface area contributed by atoms with Crippen LogP contribution in [0.5, 0.6) is 0 Å². The molecule has 4 heteroatoms. The van der Waals surface area contributed by atoms with Gasteiger partial charge in [-0.05, 0) is 52.3 Å². The molecule has 0 radical (unpaired) electrons. The normalized spacial score (nSPS) is 9.16. The molecule has 32 heavy (non-hydrogen) atoms. The maximum Gasteiger partial charge on any atom is 0.231 e. The van der Waals surface area contributed by atoms with Crippen molar-refractivity contribution >= 4 is 12.2 Å². The van der Waals surface area contributed by atoms with Crippen molar-refractivity contribution in [3.8, 4) is 22.3 Å². The first-order valence-electron chi connectivity index (χ1n) is 10.0. The van der Waals surface area contributed by atoms with E-state index in [2.05, 4.69) is 110 Å². The summed E-state index contributed by atoms with van der Waals surface area (Å²) in [4.78, 5) is 16.7. The molecule has 2 N–H and O–H groups in total. The van der Waals surface area contributed by atoms with Crippen LogP contribution in [0.15, 0.2) is 103 Å². The van der Waals surface area contributed by atoms with Gasteiger partial charge in [-0.3, -0.25) is 0 Å². The number of hydrogen-bond acceptors (Lipinski definition) is 4. The van der Waals surface area contributed by atoms with E-state index in [1.54, 1.807) is 0 Å². The Morgan fingerprint density at radius 3 is 1.47 bits per heavy atom. The third-order valence-electron chi connectivity index (χ3n) is 4.85. The Labute approximate surface area is 188 Å². The molecule has 0 aliphatic heterocycles. The molecule has 0 fully saturated rings. The van der Waals surface area contributed by atoms with E-state index >= 15 is 0 Å². The molecule has 5 rings (SSSR count). The Bertz CT molecular complexity index is 1140. The van der Waals surface area contributed by atoms with Crippen molar-refractivity contribution in [2.24, 2.45) is 0 Å². The minimum Gasteiger partial charge on any atom is -0.222 e. The number of carbonyl (C=O) groups excluding carboxylic acids is 2. The van der Waals surface area contributed by atoms with Crippen LogP contribution in [0.1, 0.15) is 16.7 Å². The standard InChI is InChI=1S/C13H10.C13H12.2CHNO/c1-9-5-4-8-12-10-6-2-3-7-11(10)13(9)12;1-3-7-12(8-4-1)11-13-9-5-2-6-10-13;2*2-1-3/h2-8H,1H3;1-10H,11H2;2*2H. The highest BCUT2D eigenvalue weighted by Gasteiger charge is 2.22. The molecule has 158 valence electrons. The lowest BCUT2D eigenvalue weighted by Crippen LogP contribution is -1.99. The molecule has 4 aromatic carbocycles. The van der Waals surface area contributed by atoms with E-state index in [1.165, 1.54) is 38.9 Å². The molecule has 0 saturated heterocycles. The molecule has 1 aliphatic rings. The van der Waals surface area contributed by atoms with Crippen molar-refractivity contribution in [2.45, 2.75) is 13.3 Å². The number of nitrogens with one attached hydrogen (secondary N) is 2. The van der Waals surface area contributed by atoms with Gasteiger partial charge in [0.15, 0.2) is 0 Å². The number of isocyanates is 2. The fourth-order valence-corrected chi connectivity index (χ4v) is 3.55. The number of rotatable bonds is 2. The Kier molecular flexibility index (Phi) is 9.75. The molecule has 0 heterocycles. The molecule has 0 unspecified atom stereocenters. The fraction of sp³-hybridized carbons (Fsp3) is 0.0714. The molecule has 0 bridgehead atoms. The van der Waals surface area contributed by atoms with Crippen molar-refractivity contribution < 1.29 is 9.59 Å². The topological polar surface area (TPSA) is 81.8 Å². The van der Waals surface area contributed by atoms with Gasteiger partial charge in [0.25, 0.3) is 0 Å². The second kappa shape index (κ2) is 13.0. The first-order valence-corrected chi connectivity index (χ1v) is 10.0. The maximum atomic E-state index is 8.35. The number of benzene rings is 4. The van der Waals surface area contributed by atoms with Gasteiger partial charge < -0.3 is 0 Å². The van der Waals surface area contributed by atoms with Crippen molar-refractivity contribution in [1.29, 1.82) is 10.8 Å². The Hall–Kier alpha value is -4.36. The highest BCUT2D eigenvalue weighted by molar-refractivity contribution is 6.03. The quantitative estimate of drug-likeness (QED) is 0.245. The van der Waals surface area contributed by atoms with Gasteiger partial charge in [0.05, 0.1) is 0 Å². The lowest BCUT2D eigenvalue weighted by molar-refractivity contribution is 0.562. The van der Waals surface area contributed by atoms with Gasteiger partial charge in [0.2, 0.25) is 12.2 Å². The zero-order chi connectivity index (χ0) is 23.2. The van der Waals surface area contributed by atoms with Gasteiger partial charge in [-0.1, -0.05) is 103 Å². The zero-order valence-corrected chi connectivity index (χ0v) is 17.8. The van der Waals surface area contributed by atoms with Crippen LogP contribution in [0, 0.1) is 17.7 Å². The first kappa shape index (κ1) is 23.9. The molecule has 0 atom stereocenters. The lowest BCUT2D eigenvalue weighted by atomic mass is 9.78. The summed E-state index contributed by atoms with van der Waals surface area (Å²) >= 11 is 0. The van der Waals surface area contributed by atoms with E-state index in [1.807, 2.05) is 0 Å². The molecule has 0 saturated carbocycles. The fourth-order valence-electron chi connectivity index (χ4n) is 3.55. The van der Waals surface area contributed by atoms with E-state index in [0.717, 1.165) is 18.6 Å². The van der Waals surface area contributed by atoms with Gasteiger partial charge in [-0.25, -0.2) is 20.4 Å². The van der Waals surface area contributed by atoms with E-state index < -0.39 is 0 Å². The average molecular weight is 421 g/mol. The van der Waals surface area contributed by atoms with Crippen LogP contribution in [0.25, 0.3) is 22.3 Å².